The molecule has 2 fully saturated rings. The lowest BCUT2D eigenvalue weighted by molar-refractivity contribution is 0.352. The van der Waals surface area contributed by atoms with Gasteiger partial charge in [-0.25, -0.2) is 4.98 Å². The fourth-order valence-electron chi connectivity index (χ4n) is 3.44. The number of aromatic nitrogens is 2. The molecular weight excluding hydrogens is 212 g/mol. The SMILES string of the molecule is Cc1cn(C)c(N(C)C2CC3CCC(C2)N3)n1. The molecule has 2 aliphatic heterocycles. The average molecular weight is 234 g/mol. The topological polar surface area (TPSA) is 33.1 Å². The second-order valence-corrected chi connectivity index (χ2v) is 5.67. The molecule has 3 rings (SSSR count). The lowest BCUT2D eigenvalue weighted by Crippen LogP contribution is -2.47. The zero-order valence-corrected chi connectivity index (χ0v) is 11.0. The van der Waals surface area contributed by atoms with Crippen molar-refractivity contribution in [1.82, 2.24) is 14.9 Å². The number of nitrogens with one attached hydrogen (secondary N) is 1. The zero-order valence-electron chi connectivity index (χ0n) is 11.0. The molecule has 2 unspecified atom stereocenters. The van der Waals surface area contributed by atoms with Crippen LogP contribution in [0.2, 0.25) is 0 Å². The molecule has 2 bridgehead atoms. The standard InChI is InChI=1S/C13H22N4/c1-9-8-16(2)13(14-9)17(3)12-6-10-4-5-11(7-12)15-10/h8,10-12,15H,4-7H2,1-3H3. The summed E-state index contributed by atoms with van der Waals surface area (Å²) in [5.74, 6) is 1.11. The molecule has 4 heteroatoms. The maximum atomic E-state index is 4.62. The van der Waals surface area contributed by atoms with E-state index in [1.54, 1.807) is 0 Å². The van der Waals surface area contributed by atoms with Crippen LogP contribution in [-0.4, -0.2) is 34.7 Å². The largest absolute Gasteiger partial charge is 0.342 e. The Kier molecular flexibility index (Phi) is 2.62. The van der Waals surface area contributed by atoms with Crippen LogP contribution in [0.1, 0.15) is 31.4 Å². The van der Waals surface area contributed by atoms with E-state index >= 15 is 0 Å². The Bertz CT molecular complexity index is 400. The number of aryl methyl sites for hydroxylation is 2. The van der Waals surface area contributed by atoms with Crippen LogP contribution in [0, 0.1) is 6.92 Å². The first kappa shape index (κ1) is 11.1. The Morgan fingerprint density at radius 3 is 2.53 bits per heavy atom. The number of fused-ring (bicyclic) bond motifs is 2. The summed E-state index contributed by atoms with van der Waals surface area (Å²) in [5.41, 5.74) is 1.10. The third-order valence-electron chi connectivity index (χ3n) is 4.28. The summed E-state index contributed by atoms with van der Waals surface area (Å²) >= 11 is 0. The van der Waals surface area contributed by atoms with E-state index in [4.69, 9.17) is 0 Å². The van der Waals surface area contributed by atoms with E-state index in [1.807, 2.05) is 0 Å². The van der Waals surface area contributed by atoms with Crippen LogP contribution in [0.5, 0.6) is 0 Å². The lowest BCUT2D eigenvalue weighted by atomic mass is 9.99. The van der Waals surface area contributed by atoms with Crippen LogP contribution in [0.3, 0.4) is 0 Å². The van der Waals surface area contributed by atoms with Gasteiger partial charge in [-0.15, -0.1) is 0 Å². The van der Waals surface area contributed by atoms with Gasteiger partial charge in [-0.2, -0.15) is 0 Å². The molecule has 4 nitrogen and oxygen atoms in total. The smallest absolute Gasteiger partial charge is 0.205 e. The molecule has 1 aromatic heterocycles. The Hall–Kier alpha value is -1.03. The number of rotatable bonds is 2. The van der Waals surface area contributed by atoms with Crippen LogP contribution in [0.25, 0.3) is 0 Å². The van der Waals surface area contributed by atoms with Gasteiger partial charge < -0.3 is 14.8 Å². The van der Waals surface area contributed by atoms with Gasteiger partial charge in [0.1, 0.15) is 0 Å². The van der Waals surface area contributed by atoms with Gasteiger partial charge in [-0.1, -0.05) is 0 Å². The van der Waals surface area contributed by atoms with E-state index < -0.39 is 0 Å². The molecule has 0 amide bonds. The van der Waals surface area contributed by atoms with Crippen LogP contribution in [0.15, 0.2) is 6.20 Å². The Labute approximate surface area is 103 Å². The maximum Gasteiger partial charge on any atom is 0.205 e. The third kappa shape index (κ3) is 1.95. The monoisotopic (exact) mass is 234 g/mol. The minimum Gasteiger partial charge on any atom is -0.342 e. The summed E-state index contributed by atoms with van der Waals surface area (Å²) in [6.45, 7) is 2.06. The molecular formula is C13H22N4. The molecule has 2 aliphatic rings. The first-order valence-electron chi connectivity index (χ1n) is 6.62. The van der Waals surface area contributed by atoms with Crippen molar-refractivity contribution in [2.75, 3.05) is 11.9 Å². The van der Waals surface area contributed by atoms with Gasteiger partial charge in [0.25, 0.3) is 0 Å². The molecule has 2 atom stereocenters. The van der Waals surface area contributed by atoms with Gasteiger partial charge in [0.15, 0.2) is 0 Å². The number of hydrogen-bond donors (Lipinski definition) is 1. The van der Waals surface area contributed by atoms with Crippen LogP contribution >= 0.6 is 0 Å². The first-order valence-corrected chi connectivity index (χ1v) is 6.62. The highest BCUT2D eigenvalue weighted by molar-refractivity contribution is 5.34. The highest BCUT2D eigenvalue weighted by atomic mass is 15.3. The Morgan fingerprint density at radius 2 is 2.00 bits per heavy atom. The number of piperidine rings is 1. The zero-order chi connectivity index (χ0) is 12.0. The van der Waals surface area contributed by atoms with Crippen molar-refractivity contribution in [2.24, 2.45) is 7.05 Å². The number of hydrogen-bond acceptors (Lipinski definition) is 3. The highest BCUT2D eigenvalue weighted by Crippen LogP contribution is 2.30. The quantitative estimate of drug-likeness (QED) is 0.841. The second kappa shape index (κ2) is 4.02. The Morgan fingerprint density at radius 1 is 1.35 bits per heavy atom. The average Bonchev–Trinajstić information content (AvgIpc) is 2.80. The van der Waals surface area contributed by atoms with E-state index in [2.05, 4.69) is 47.0 Å². The van der Waals surface area contributed by atoms with Gasteiger partial charge in [0, 0.05) is 38.4 Å². The van der Waals surface area contributed by atoms with Crippen molar-refractivity contribution in [1.29, 1.82) is 0 Å². The summed E-state index contributed by atoms with van der Waals surface area (Å²) in [7, 11) is 4.28. The summed E-state index contributed by atoms with van der Waals surface area (Å²) in [6.07, 6.45) is 7.34. The molecule has 0 saturated carbocycles. The van der Waals surface area contributed by atoms with Gasteiger partial charge >= 0.3 is 0 Å². The molecule has 0 aromatic carbocycles. The lowest BCUT2D eigenvalue weighted by Gasteiger charge is -2.36. The van der Waals surface area contributed by atoms with Crippen LogP contribution < -0.4 is 10.2 Å². The van der Waals surface area contributed by atoms with Crippen molar-refractivity contribution in [3.05, 3.63) is 11.9 Å². The summed E-state index contributed by atoms with van der Waals surface area (Å²) < 4.78 is 2.14. The van der Waals surface area contributed by atoms with Crippen LogP contribution in [0.4, 0.5) is 5.95 Å². The fourth-order valence-corrected chi connectivity index (χ4v) is 3.44. The van der Waals surface area contributed by atoms with Crippen molar-refractivity contribution >= 4 is 5.95 Å². The molecule has 17 heavy (non-hydrogen) atoms. The minimum absolute atomic E-state index is 0.647. The van der Waals surface area contributed by atoms with E-state index in [1.165, 1.54) is 25.7 Å². The third-order valence-corrected chi connectivity index (χ3v) is 4.28. The molecule has 1 N–H and O–H groups in total. The fraction of sp³-hybridized carbons (Fsp3) is 0.769. The van der Waals surface area contributed by atoms with E-state index in [0.717, 1.165) is 23.7 Å². The summed E-state index contributed by atoms with van der Waals surface area (Å²) in [4.78, 5) is 7.00. The molecule has 0 radical (unpaired) electrons. The second-order valence-electron chi connectivity index (χ2n) is 5.67. The molecule has 0 aliphatic carbocycles. The van der Waals surface area contributed by atoms with Crippen molar-refractivity contribution < 1.29 is 0 Å². The maximum absolute atomic E-state index is 4.62. The first-order chi connectivity index (χ1) is 8.13. The van der Waals surface area contributed by atoms with Gasteiger partial charge in [-0.3, -0.25) is 0 Å². The van der Waals surface area contributed by atoms with Gasteiger partial charge in [-0.05, 0) is 32.6 Å². The van der Waals surface area contributed by atoms with E-state index in [-0.39, 0.29) is 0 Å². The summed E-state index contributed by atoms with van der Waals surface area (Å²) in [6, 6.07) is 2.12. The number of imidazole rings is 1. The molecule has 94 valence electrons. The van der Waals surface area contributed by atoms with E-state index in [0.29, 0.717) is 6.04 Å². The van der Waals surface area contributed by atoms with Crippen LogP contribution in [-0.2, 0) is 7.05 Å². The van der Waals surface area contributed by atoms with Crippen molar-refractivity contribution in [3.8, 4) is 0 Å². The molecule has 1 aromatic rings. The van der Waals surface area contributed by atoms with Gasteiger partial charge in [0.2, 0.25) is 5.95 Å². The molecule has 3 heterocycles. The Balaban J connectivity index is 1.78. The molecule has 2 saturated heterocycles. The molecule has 0 spiro atoms. The highest BCUT2D eigenvalue weighted by Gasteiger charge is 2.35. The summed E-state index contributed by atoms with van der Waals surface area (Å²) in [5, 5.41) is 3.69. The van der Waals surface area contributed by atoms with E-state index in [9.17, 15) is 0 Å². The number of anilines is 1. The minimum atomic E-state index is 0.647. The van der Waals surface area contributed by atoms with Crippen molar-refractivity contribution in [3.63, 3.8) is 0 Å². The van der Waals surface area contributed by atoms with Gasteiger partial charge in [0.05, 0.1) is 5.69 Å². The number of nitrogens with zero attached hydrogens (tertiary/aromatic N) is 3. The van der Waals surface area contributed by atoms with Crippen molar-refractivity contribution in [2.45, 2.75) is 50.7 Å². The predicted molar refractivity (Wildman–Crippen MR) is 69.3 cm³/mol. The normalized spacial score (nSPS) is 31.8. The predicted octanol–water partition coefficient (Wildman–Crippen LogP) is 1.45.